The van der Waals surface area contributed by atoms with Crippen LogP contribution in [0.25, 0.3) is 33.3 Å². The first-order valence-electron chi connectivity index (χ1n) is 10.4. The van der Waals surface area contributed by atoms with Gasteiger partial charge in [-0.25, -0.2) is 0 Å². The fourth-order valence-corrected chi connectivity index (χ4v) is 4.39. The number of fused-ring (bicyclic) bond motifs is 1. The van der Waals surface area contributed by atoms with E-state index in [9.17, 15) is 10.1 Å². The lowest BCUT2D eigenvalue weighted by molar-refractivity contribution is -0.384. The number of rotatable bonds is 4. The molecule has 5 rings (SSSR count). The van der Waals surface area contributed by atoms with Crippen molar-refractivity contribution in [3.05, 3.63) is 113 Å². The van der Waals surface area contributed by atoms with Crippen LogP contribution in [0.2, 0.25) is 0 Å². The molecule has 0 aliphatic heterocycles. The molecule has 152 valence electrons. The standard InChI is InChI=1S/C27H22N2O2/c1-19-8-7-9-21(16-19)27-18-22-17-20(24-12-5-6-13-26(24)29(30)31)14-15-25(22)28(27)23-10-3-2-4-11-23/h2-15,17-19H,16H2,1H3. The van der Waals surface area contributed by atoms with E-state index in [1.807, 2.05) is 36.4 Å². The zero-order valence-electron chi connectivity index (χ0n) is 17.2. The second-order valence-electron chi connectivity index (χ2n) is 8.01. The molecule has 0 bridgehead atoms. The van der Waals surface area contributed by atoms with E-state index in [1.165, 1.54) is 5.57 Å². The van der Waals surface area contributed by atoms with E-state index in [2.05, 4.69) is 60.1 Å². The first-order chi connectivity index (χ1) is 15.1. The summed E-state index contributed by atoms with van der Waals surface area (Å²) in [7, 11) is 0. The lowest BCUT2D eigenvalue weighted by atomic mass is 9.94. The molecule has 4 heteroatoms. The summed E-state index contributed by atoms with van der Waals surface area (Å²) in [6.07, 6.45) is 7.54. The van der Waals surface area contributed by atoms with Crippen molar-refractivity contribution in [1.82, 2.24) is 4.57 Å². The molecule has 0 N–H and O–H groups in total. The van der Waals surface area contributed by atoms with Gasteiger partial charge in [0.05, 0.1) is 21.7 Å². The van der Waals surface area contributed by atoms with E-state index in [-0.39, 0.29) is 10.6 Å². The van der Waals surface area contributed by atoms with Gasteiger partial charge in [0.1, 0.15) is 0 Å². The number of nitrogens with zero attached hydrogens (tertiary/aromatic N) is 2. The van der Waals surface area contributed by atoms with Crippen molar-refractivity contribution in [1.29, 1.82) is 0 Å². The molecular formula is C27H22N2O2. The van der Waals surface area contributed by atoms with E-state index >= 15 is 0 Å². The predicted molar refractivity (Wildman–Crippen MR) is 126 cm³/mol. The van der Waals surface area contributed by atoms with Gasteiger partial charge in [-0.05, 0) is 59.9 Å². The number of hydrogen-bond donors (Lipinski definition) is 0. The molecule has 4 nitrogen and oxygen atoms in total. The second-order valence-corrected chi connectivity index (χ2v) is 8.01. The smallest absolute Gasteiger partial charge is 0.277 e. The largest absolute Gasteiger partial charge is 0.310 e. The summed E-state index contributed by atoms with van der Waals surface area (Å²) in [4.78, 5) is 11.2. The lowest BCUT2D eigenvalue weighted by Crippen LogP contribution is -2.03. The molecule has 0 spiro atoms. The monoisotopic (exact) mass is 406 g/mol. The molecule has 1 unspecified atom stereocenters. The Morgan fingerprint density at radius 1 is 0.968 bits per heavy atom. The highest BCUT2D eigenvalue weighted by molar-refractivity contribution is 5.92. The van der Waals surface area contributed by atoms with Crippen LogP contribution < -0.4 is 0 Å². The van der Waals surface area contributed by atoms with Gasteiger partial charge in [-0.3, -0.25) is 10.1 Å². The minimum absolute atomic E-state index is 0.124. The van der Waals surface area contributed by atoms with E-state index in [4.69, 9.17) is 0 Å². The number of nitro groups is 1. The van der Waals surface area contributed by atoms with Crippen molar-refractivity contribution in [3.63, 3.8) is 0 Å². The Bertz CT molecular complexity index is 1350. The molecule has 4 aromatic rings. The molecule has 0 saturated heterocycles. The van der Waals surface area contributed by atoms with E-state index in [0.717, 1.165) is 34.3 Å². The van der Waals surface area contributed by atoms with Gasteiger partial charge < -0.3 is 4.57 Å². The molecule has 1 aromatic heterocycles. The zero-order chi connectivity index (χ0) is 21.4. The Labute approximate surface area is 180 Å². The molecule has 0 amide bonds. The fraction of sp³-hybridized carbons (Fsp3) is 0.111. The van der Waals surface area contributed by atoms with Crippen molar-refractivity contribution < 1.29 is 4.92 Å². The average Bonchev–Trinajstić information content (AvgIpc) is 3.18. The van der Waals surface area contributed by atoms with Crippen LogP contribution in [-0.2, 0) is 0 Å². The minimum atomic E-state index is -0.319. The molecule has 3 aromatic carbocycles. The summed E-state index contributed by atoms with van der Waals surface area (Å²) >= 11 is 0. The summed E-state index contributed by atoms with van der Waals surface area (Å²) in [5, 5.41) is 12.6. The maximum atomic E-state index is 11.5. The van der Waals surface area contributed by atoms with Crippen LogP contribution in [0.1, 0.15) is 19.0 Å². The highest BCUT2D eigenvalue weighted by Gasteiger charge is 2.19. The summed E-state index contributed by atoms with van der Waals surface area (Å²) < 4.78 is 2.29. The third-order valence-electron chi connectivity index (χ3n) is 5.84. The number of hydrogen-bond acceptors (Lipinski definition) is 2. The van der Waals surface area contributed by atoms with Crippen LogP contribution in [0.5, 0.6) is 0 Å². The zero-order valence-corrected chi connectivity index (χ0v) is 17.2. The molecule has 0 radical (unpaired) electrons. The van der Waals surface area contributed by atoms with Crippen molar-refractivity contribution in [2.75, 3.05) is 0 Å². The van der Waals surface area contributed by atoms with Crippen LogP contribution in [0.3, 0.4) is 0 Å². The molecular weight excluding hydrogens is 384 g/mol. The molecule has 0 fully saturated rings. The normalized spacial score (nSPS) is 15.8. The minimum Gasteiger partial charge on any atom is -0.310 e. The van der Waals surface area contributed by atoms with Gasteiger partial charge in [-0.2, -0.15) is 0 Å². The van der Waals surface area contributed by atoms with Crippen molar-refractivity contribution in [3.8, 4) is 16.8 Å². The summed E-state index contributed by atoms with van der Waals surface area (Å²) in [5.74, 6) is 0.491. The van der Waals surface area contributed by atoms with E-state index in [1.54, 1.807) is 12.1 Å². The Balaban J connectivity index is 1.73. The van der Waals surface area contributed by atoms with Crippen LogP contribution >= 0.6 is 0 Å². The maximum Gasteiger partial charge on any atom is 0.277 e. The highest BCUT2D eigenvalue weighted by Crippen LogP contribution is 2.37. The number of benzene rings is 3. The third-order valence-corrected chi connectivity index (χ3v) is 5.84. The Morgan fingerprint density at radius 3 is 2.52 bits per heavy atom. The van der Waals surface area contributed by atoms with Crippen LogP contribution in [0.15, 0.2) is 97.1 Å². The summed E-state index contributed by atoms with van der Waals surface area (Å²) in [6.45, 7) is 2.23. The predicted octanol–water partition coefficient (Wildman–Crippen LogP) is 7.19. The fourth-order valence-electron chi connectivity index (χ4n) is 4.39. The van der Waals surface area contributed by atoms with Gasteiger partial charge in [0.25, 0.3) is 5.69 Å². The van der Waals surface area contributed by atoms with Crippen molar-refractivity contribution >= 4 is 22.2 Å². The molecule has 1 aliphatic carbocycles. The average molecular weight is 406 g/mol. The Hall–Kier alpha value is -3.92. The quantitative estimate of drug-likeness (QED) is 0.266. The van der Waals surface area contributed by atoms with E-state index < -0.39 is 0 Å². The molecule has 1 heterocycles. The molecule has 0 saturated carbocycles. The van der Waals surface area contributed by atoms with Gasteiger partial charge in [-0.1, -0.05) is 61.5 Å². The Morgan fingerprint density at radius 2 is 1.74 bits per heavy atom. The van der Waals surface area contributed by atoms with Gasteiger partial charge in [0, 0.05) is 17.1 Å². The number of para-hydroxylation sites is 2. The lowest BCUT2D eigenvalue weighted by Gasteiger charge is -2.18. The van der Waals surface area contributed by atoms with Gasteiger partial charge >= 0.3 is 0 Å². The van der Waals surface area contributed by atoms with E-state index in [0.29, 0.717) is 11.5 Å². The Kier molecular flexibility index (Phi) is 4.75. The second kappa shape index (κ2) is 7.73. The van der Waals surface area contributed by atoms with Crippen LogP contribution in [-0.4, -0.2) is 9.49 Å². The summed E-state index contributed by atoms with van der Waals surface area (Å²) in [6, 6.07) is 25.6. The molecule has 1 atom stereocenters. The maximum absolute atomic E-state index is 11.5. The number of allylic oxidation sites excluding steroid dienone is 4. The number of aromatic nitrogens is 1. The summed E-state index contributed by atoms with van der Waals surface area (Å²) in [5.41, 5.74) is 6.26. The van der Waals surface area contributed by atoms with Gasteiger partial charge in [-0.15, -0.1) is 0 Å². The first kappa shape index (κ1) is 19.1. The molecule has 31 heavy (non-hydrogen) atoms. The van der Waals surface area contributed by atoms with Crippen LogP contribution in [0.4, 0.5) is 5.69 Å². The van der Waals surface area contributed by atoms with Crippen molar-refractivity contribution in [2.45, 2.75) is 13.3 Å². The van der Waals surface area contributed by atoms with Gasteiger partial charge in [0.15, 0.2) is 0 Å². The number of nitro benzene ring substituents is 1. The van der Waals surface area contributed by atoms with Crippen molar-refractivity contribution in [2.24, 2.45) is 5.92 Å². The third kappa shape index (κ3) is 3.46. The van der Waals surface area contributed by atoms with Crippen LogP contribution in [0, 0.1) is 16.0 Å². The van der Waals surface area contributed by atoms with Gasteiger partial charge in [0.2, 0.25) is 0 Å². The first-order valence-corrected chi connectivity index (χ1v) is 10.4. The topological polar surface area (TPSA) is 48.1 Å². The highest BCUT2D eigenvalue weighted by atomic mass is 16.6. The SMILES string of the molecule is CC1C=CC=C(c2cc3cc(-c4ccccc4[N+](=O)[O-])ccc3n2-c2ccccc2)C1. The molecule has 1 aliphatic rings.